The van der Waals surface area contributed by atoms with Crippen molar-refractivity contribution in [3.05, 3.63) is 33.9 Å². The van der Waals surface area contributed by atoms with Gasteiger partial charge in [-0.05, 0) is 19.9 Å². The van der Waals surface area contributed by atoms with Gasteiger partial charge in [0.05, 0.1) is 9.82 Å². The van der Waals surface area contributed by atoms with E-state index in [-0.39, 0.29) is 23.2 Å². The lowest BCUT2D eigenvalue weighted by Crippen LogP contribution is -2.39. The third kappa shape index (κ3) is 3.09. The van der Waals surface area contributed by atoms with E-state index in [1.165, 1.54) is 19.2 Å². The summed E-state index contributed by atoms with van der Waals surface area (Å²) in [4.78, 5) is 10.1. The molecule has 0 spiro atoms. The first kappa shape index (κ1) is 15.5. The highest BCUT2D eigenvalue weighted by Crippen LogP contribution is 2.24. The van der Waals surface area contributed by atoms with Crippen molar-refractivity contribution >= 4 is 15.7 Å². The van der Waals surface area contributed by atoms with Crippen LogP contribution in [0.15, 0.2) is 23.1 Å². The van der Waals surface area contributed by atoms with Crippen LogP contribution in [0.1, 0.15) is 12.5 Å². The van der Waals surface area contributed by atoms with Gasteiger partial charge in [0.2, 0.25) is 10.0 Å². The molecule has 0 aliphatic rings. The van der Waals surface area contributed by atoms with Crippen LogP contribution in [-0.4, -0.2) is 37.3 Å². The standard InChI is InChI=1S/C11H17N3O4S/c1-8-4-5-10(6-11(8)14(15)16)19(17,18)13(3)9(2)7-12/h4-6,9H,7,12H2,1-3H3. The Bertz CT molecular complexity index is 586. The number of nitrogens with zero attached hydrogens (tertiary/aromatic N) is 2. The summed E-state index contributed by atoms with van der Waals surface area (Å²) >= 11 is 0. The Balaban J connectivity index is 3.30. The van der Waals surface area contributed by atoms with Crippen molar-refractivity contribution in [1.29, 1.82) is 0 Å². The summed E-state index contributed by atoms with van der Waals surface area (Å²) in [5, 5.41) is 10.8. The Labute approximate surface area is 112 Å². The predicted octanol–water partition coefficient (Wildman–Crippen LogP) is 0.871. The van der Waals surface area contributed by atoms with Crippen molar-refractivity contribution in [3.8, 4) is 0 Å². The van der Waals surface area contributed by atoms with Gasteiger partial charge in [-0.15, -0.1) is 0 Å². The second kappa shape index (κ2) is 5.64. The van der Waals surface area contributed by atoms with Crippen LogP contribution in [0, 0.1) is 17.0 Å². The largest absolute Gasteiger partial charge is 0.329 e. The van der Waals surface area contributed by atoms with Crippen LogP contribution in [0.3, 0.4) is 0 Å². The molecule has 0 aliphatic heterocycles. The number of hydrogen-bond acceptors (Lipinski definition) is 5. The van der Waals surface area contributed by atoms with E-state index in [2.05, 4.69) is 0 Å². The Kier molecular flexibility index (Phi) is 4.61. The zero-order valence-electron chi connectivity index (χ0n) is 11.0. The minimum absolute atomic E-state index is 0.104. The summed E-state index contributed by atoms with van der Waals surface area (Å²) in [6.07, 6.45) is 0. The van der Waals surface area contributed by atoms with Crippen molar-refractivity contribution < 1.29 is 13.3 Å². The topological polar surface area (TPSA) is 107 Å². The van der Waals surface area contributed by atoms with Gasteiger partial charge in [-0.1, -0.05) is 6.07 Å². The fourth-order valence-corrected chi connectivity index (χ4v) is 2.89. The molecule has 7 nitrogen and oxygen atoms in total. The van der Waals surface area contributed by atoms with Crippen LogP contribution in [0.5, 0.6) is 0 Å². The molecule has 0 heterocycles. The van der Waals surface area contributed by atoms with E-state index in [0.29, 0.717) is 5.56 Å². The lowest BCUT2D eigenvalue weighted by Gasteiger charge is -2.22. The van der Waals surface area contributed by atoms with Gasteiger partial charge in [-0.2, -0.15) is 4.31 Å². The summed E-state index contributed by atoms with van der Waals surface area (Å²) in [5.41, 5.74) is 5.64. The van der Waals surface area contributed by atoms with Crippen molar-refractivity contribution in [1.82, 2.24) is 4.31 Å². The van der Waals surface area contributed by atoms with E-state index < -0.39 is 14.9 Å². The maximum atomic E-state index is 12.3. The van der Waals surface area contributed by atoms with Crippen molar-refractivity contribution in [2.45, 2.75) is 24.8 Å². The zero-order chi connectivity index (χ0) is 14.8. The van der Waals surface area contributed by atoms with Crippen molar-refractivity contribution in [2.24, 2.45) is 5.73 Å². The minimum Gasteiger partial charge on any atom is -0.329 e. The average Bonchev–Trinajstić information content (AvgIpc) is 2.36. The minimum atomic E-state index is -3.77. The van der Waals surface area contributed by atoms with Crippen molar-refractivity contribution in [2.75, 3.05) is 13.6 Å². The van der Waals surface area contributed by atoms with Gasteiger partial charge in [-0.3, -0.25) is 10.1 Å². The number of sulfonamides is 1. The highest BCUT2D eigenvalue weighted by molar-refractivity contribution is 7.89. The van der Waals surface area contributed by atoms with Gasteiger partial charge in [0.15, 0.2) is 0 Å². The SMILES string of the molecule is Cc1ccc(S(=O)(=O)N(C)C(C)CN)cc1[N+](=O)[O-]. The number of nitro benzene ring substituents is 1. The first-order valence-corrected chi connectivity index (χ1v) is 7.09. The highest BCUT2D eigenvalue weighted by Gasteiger charge is 2.26. The molecule has 8 heteroatoms. The molecule has 0 saturated carbocycles. The van der Waals surface area contributed by atoms with Gasteiger partial charge in [0.1, 0.15) is 0 Å². The Morgan fingerprint density at radius 2 is 2.05 bits per heavy atom. The number of nitrogens with two attached hydrogens (primary N) is 1. The smallest absolute Gasteiger partial charge is 0.273 e. The number of hydrogen-bond donors (Lipinski definition) is 1. The molecule has 0 amide bonds. The Morgan fingerprint density at radius 3 is 2.53 bits per heavy atom. The predicted molar refractivity (Wildman–Crippen MR) is 71.3 cm³/mol. The maximum Gasteiger partial charge on any atom is 0.273 e. The van der Waals surface area contributed by atoms with Crippen LogP contribution in [0.25, 0.3) is 0 Å². The fourth-order valence-electron chi connectivity index (χ4n) is 1.50. The molecule has 0 bridgehead atoms. The molecule has 0 aliphatic carbocycles. The third-order valence-electron chi connectivity index (χ3n) is 3.02. The molecule has 0 aromatic heterocycles. The van der Waals surface area contributed by atoms with E-state index in [4.69, 9.17) is 5.73 Å². The number of rotatable bonds is 5. The van der Waals surface area contributed by atoms with Crippen LogP contribution < -0.4 is 5.73 Å². The van der Waals surface area contributed by atoms with E-state index in [0.717, 1.165) is 10.4 Å². The summed E-state index contributed by atoms with van der Waals surface area (Å²) in [5.74, 6) is 0. The quantitative estimate of drug-likeness (QED) is 0.638. The van der Waals surface area contributed by atoms with Crippen molar-refractivity contribution in [3.63, 3.8) is 0 Å². The molecule has 106 valence electrons. The first-order valence-electron chi connectivity index (χ1n) is 5.65. The summed E-state index contributed by atoms with van der Waals surface area (Å²) in [6, 6.07) is 3.47. The van der Waals surface area contributed by atoms with Crippen LogP contribution in [0.2, 0.25) is 0 Å². The lowest BCUT2D eigenvalue weighted by atomic mass is 10.2. The molecule has 1 aromatic rings. The molecule has 0 fully saturated rings. The first-order chi connectivity index (χ1) is 8.71. The molecule has 1 rings (SSSR count). The molecule has 2 N–H and O–H groups in total. The van der Waals surface area contributed by atoms with Gasteiger partial charge in [0, 0.05) is 31.3 Å². The molecule has 1 unspecified atom stereocenters. The highest BCUT2D eigenvalue weighted by atomic mass is 32.2. The molecular formula is C11H17N3O4S. The van der Waals surface area contributed by atoms with Crippen LogP contribution >= 0.6 is 0 Å². The number of aryl methyl sites for hydroxylation is 1. The molecule has 1 aromatic carbocycles. The zero-order valence-corrected chi connectivity index (χ0v) is 11.8. The third-order valence-corrected chi connectivity index (χ3v) is 4.98. The summed E-state index contributed by atoms with van der Waals surface area (Å²) in [7, 11) is -2.37. The van der Waals surface area contributed by atoms with Gasteiger partial charge >= 0.3 is 0 Å². The van der Waals surface area contributed by atoms with Crippen LogP contribution in [0.4, 0.5) is 5.69 Å². The average molecular weight is 287 g/mol. The second-order valence-corrected chi connectivity index (χ2v) is 6.31. The van der Waals surface area contributed by atoms with E-state index >= 15 is 0 Å². The number of likely N-dealkylation sites (N-methyl/N-ethyl adjacent to an activating group) is 1. The Hall–Kier alpha value is -1.51. The normalized spacial score (nSPS) is 13.5. The molecule has 19 heavy (non-hydrogen) atoms. The van der Waals surface area contributed by atoms with Gasteiger partial charge < -0.3 is 5.73 Å². The summed E-state index contributed by atoms with van der Waals surface area (Å²) < 4.78 is 25.6. The van der Waals surface area contributed by atoms with E-state index in [9.17, 15) is 18.5 Å². The monoisotopic (exact) mass is 287 g/mol. The van der Waals surface area contributed by atoms with Crippen LogP contribution in [-0.2, 0) is 10.0 Å². The maximum absolute atomic E-state index is 12.3. The second-order valence-electron chi connectivity index (χ2n) is 4.31. The van der Waals surface area contributed by atoms with E-state index in [1.54, 1.807) is 13.8 Å². The number of benzene rings is 1. The lowest BCUT2D eigenvalue weighted by molar-refractivity contribution is -0.385. The molecule has 0 saturated heterocycles. The Morgan fingerprint density at radius 1 is 1.47 bits per heavy atom. The summed E-state index contributed by atoms with van der Waals surface area (Å²) in [6.45, 7) is 3.39. The van der Waals surface area contributed by atoms with Gasteiger partial charge in [0.25, 0.3) is 5.69 Å². The van der Waals surface area contributed by atoms with E-state index in [1.807, 2.05) is 0 Å². The molecule has 1 atom stereocenters. The number of nitro groups is 1. The van der Waals surface area contributed by atoms with Gasteiger partial charge in [-0.25, -0.2) is 8.42 Å². The fraction of sp³-hybridized carbons (Fsp3) is 0.455. The molecular weight excluding hydrogens is 270 g/mol. The molecule has 0 radical (unpaired) electrons.